The highest BCUT2D eigenvalue weighted by Crippen LogP contribution is 2.10. The average Bonchev–Trinajstić information content (AvgIpc) is 3.24. The molecule has 2 aliphatic heterocycles. The Morgan fingerprint density at radius 2 is 1.89 bits per heavy atom. The van der Waals surface area contributed by atoms with Crippen LogP contribution in [0.25, 0.3) is 0 Å². The van der Waals surface area contributed by atoms with E-state index in [-0.39, 0.29) is 0 Å². The van der Waals surface area contributed by atoms with Gasteiger partial charge in [-0.15, -0.1) is 0 Å². The van der Waals surface area contributed by atoms with Crippen LogP contribution in [0.15, 0.2) is 23.5 Å². The first-order valence-electron chi connectivity index (χ1n) is 10.6. The van der Waals surface area contributed by atoms with Crippen molar-refractivity contribution in [1.82, 2.24) is 25.0 Å². The molecule has 1 aromatic heterocycles. The van der Waals surface area contributed by atoms with Crippen LogP contribution < -0.4 is 5.32 Å². The second-order valence-corrected chi connectivity index (χ2v) is 7.64. The third kappa shape index (κ3) is 5.67. The molecule has 2 aliphatic rings. The standard InChI is InChI=1S/C21H34N6O/c1-3-23-21(24-9-7-19-6-8-22-16-18(19)2)27-14-12-25(13-15-27)17-20(28)26-10-4-5-11-26/h6,8,16H,3-5,7,9-15,17H2,1-2H3,(H,23,24). The summed E-state index contributed by atoms with van der Waals surface area (Å²) in [7, 11) is 0. The number of aromatic nitrogens is 1. The zero-order valence-electron chi connectivity index (χ0n) is 17.4. The Morgan fingerprint density at radius 3 is 2.57 bits per heavy atom. The minimum absolute atomic E-state index is 0.291. The van der Waals surface area contributed by atoms with E-state index in [1.807, 2.05) is 17.3 Å². The molecule has 0 spiro atoms. The molecule has 0 aliphatic carbocycles. The highest BCUT2D eigenvalue weighted by molar-refractivity contribution is 5.80. The van der Waals surface area contributed by atoms with Gasteiger partial charge in [-0.3, -0.25) is 19.7 Å². The zero-order chi connectivity index (χ0) is 19.8. The van der Waals surface area contributed by atoms with Crippen molar-refractivity contribution in [3.8, 4) is 0 Å². The summed E-state index contributed by atoms with van der Waals surface area (Å²) < 4.78 is 0. The number of hydrogen-bond donors (Lipinski definition) is 1. The van der Waals surface area contributed by atoms with Gasteiger partial charge in [0.05, 0.1) is 6.54 Å². The third-order valence-corrected chi connectivity index (χ3v) is 5.60. The second kappa shape index (κ2) is 10.4. The molecule has 7 nitrogen and oxygen atoms in total. The number of hydrogen-bond acceptors (Lipinski definition) is 4. The highest BCUT2D eigenvalue weighted by Gasteiger charge is 2.24. The van der Waals surface area contributed by atoms with E-state index in [1.54, 1.807) is 0 Å². The van der Waals surface area contributed by atoms with Crippen molar-refractivity contribution in [1.29, 1.82) is 0 Å². The summed E-state index contributed by atoms with van der Waals surface area (Å²) in [6.45, 7) is 11.9. The smallest absolute Gasteiger partial charge is 0.236 e. The van der Waals surface area contributed by atoms with Gasteiger partial charge >= 0.3 is 0 Å². The molecule has 2 fully saturated rings. The summed E-state index contributed by atoms with van der Waals surface area (Å²) in [5.41, 5.74) is 2.53. The fourth-order valence-electron chi connectivity index (χ4n) is 3.87. The molecule has 1 aromatic rings. The van der Waals surface area contributed by atoms with Crippen molar-refractivity contribution in [3.63, 3.8) is 0 Å². The zero-order valence-corrected chi connectivity index (χ0v) is 17.4. The lowest BCUT2D eigenvalue weighted by atomic mass is 10.1. The maximum atomic E-state index is 12.4. The van der Waals surface area contributed by atoms with Gasteiger partial charge in [0.2, 0.25) is 5.91 Å². The van der Waals surface area contributed by atoms with Crippen molar-refractivity contribution in [2.75, 3.05) is 58.9 Å². The topological polar surface area (TPSA) is 64.1 Å². The Balaban J connectivity index is 1.48. The monoisotopic (exact) mass is 386 g/mol. The maximum absolute atomic E-state index is 12.4. The van der Waals surface area contributed by atoms with Crippen LogP contribution in [-0.2, 0) is 11.2 Å². The lowest BCUT2D eigenvalue weighted by Gasteiger charge is -2.36. The summed E-state index contributed by atoms with van der Waals surface area (Å²) in [6.07, 6.45) is 6.99. The Kier molecular flexibility index (Phi) is 7.65. The van der Waals surface area contributed by atoms with E-state index in [4.69, 9.17) is 4.99 Å². The first kappa shape index (κ1) is 20.6. The molecule has 3 heterocycles. The summed E-state index contributed by atoms with van der Waals surface area (Å²) in [5.74, 6) is 1.28. The molecule has 0 bridgehead atoms. The van der Waals surface area contributed by atoms with Crippen LogP contribution in [0.1, 0.15) is 30.9 Å². The number of aryl methyl sites for hydroxylation is 1. The number of amides is 1. The van der Waals surface area contributed by atoms with Gasteiger partial charge in [-0.05, 0) is 50.3 Å². The molecular formula is C21H34N6O. The largest absolute Gasteiger partial charge is 0.357 e. The van der Waals surface area contributed by atoms with Crippen LogP contribution in [0.4, 0.5) is 0 Å². The first-order valence-corrected chi connectivity index (χ1v) is 10.6. The molecule has 1 amide bonds. The number of rotatable bonds is 6. The normalized spacial score (nSPS) is 18.6. The van der Waals surface area contributed by atoms with Crippen molar-refractivity contribution >= 4 is 11.9 Å². The minimum atomic E-state index is 0.291. The van der Waals surface area contributed by atoms with Gasteiger partial charge in [-0.1, -0.05) is 0 Å². The number of guanidine groups is 1. The lowest BCUT2D eigenvalue weighted by molar-refractivity contribution is -0.131. The molecular weight excluding hydrogens is 352 g/mol. The number of aliphatic imine (C=N–C) groups is 1. The van der Waals surface area contributed by atoms with Crippen LogP contribution in [0.3, 0.4) is 0 Å². The maximum Gasteiger partial charge on any atom is 0.236 e. The van der Waals surface area contributed by atoms with Gasteiger partial charge in [0.1, 0.15) is 0 Å². The molecule has 0 unspecified atom stereocenters. The average molecular weight is 387 g/mol. The Bertz CT molecular complexity index is 663. The van der Waals surface area contributed by atoms with Gasteiger partial charge in [-0.2, -0.15) is 0 Å². The third-order valence-electron chi connectivity index (χ3n) is 5.60. The predicted octanol–water partition coefficient (Wildman–Crippen LogP) is 1.14. The molecule has 1 N–H and O–H groups in total. The van der Waals surface area contributed by atoms with E-state index >= 15 is 0 Å². The fraction of sp³-hybridized carbons (Fsp3) is 0.667. The number of carbonyl (C=O) groups is 1. The van der Waals surface area contributed by atoms with Crippen molar-refractivity contribution in [2.24, 2.45) is 4.99 Å². The van der Waals surface area contributed by atoms with Gasteiger partial charge in [-0.25, -0.2) is 0 Å². The molecule has 2 saturated heterocycles. The Labute approximate surface area is 168 Å². The van der Waals surface area contributed by atoms with Gasteiger partial charge in [0.15, 0.2) is 5.96 Å². The molecule has 0 saturated carbocycles. The van der Waals surface area contributed by atoms with Crippen LogP contribution in [0.5, 0.6) is 0 Å². The van der Waals surface area contributed by atoms with E-state index in [2.05, 4.69) is 40.0 Å². The van der Waals surface area contributed by atoms with E-state index in [0.29, 0.717) is 12.5 Å². The number of piperazine rings is 1. The van der Waals surface area contributed by atoms with E-state index in [0.717, 1.165) is 77.6 Å². The van der Waals surface area contributed by atoms with Crippen molar-refractivity contribution in [3.05, 3.63) is 29.6 Å². The molecule has 28 heavy (non-hydrogen) atoms. The quantitative estimate of drug-likeness (QED) is 0.587. The summed E-state index contributed by atoms with van der Waals surface area (Å²) in [5, 5.41) is 3.42. The summed E-state index contributed by atoms with van der Waals surface area (Å²) in [4.78, 5) is 28.0. The number of pyridine rings is 1. The highest BCUT2D eigenvalue weighted by atomic mass is 16.2. The SMILES string of the molecule is CCNC(=NCCc1ccncc1C)N1CCN(CC(=O)N2CCCC2)CC1. The predicted molar refractivity (Wildman–Crippen MR) is 112 cm³/mol. The van der Waals surface area contributed by atoms with Crippen LogP contribution >= 0.6 is 0 Å². The molecule has 7 heteroatoms. The number of nitrogens with one attached hydrogen (secondary N) is 1. The van der Waals surface area contributed by atoms with E-state index in [9.17, 15) is 4.79 Å². The molecule has 0 radical (unpaired) electrons. The van der Waals surface area contributed by atoms with Crippen molar-refractivity contribution in [2.45, 2.75) is 33.1 Å². The molecule has 0 aromatic carbocycles. The fourth-order valence-corrected chi connectivity index (χ4v) is 3.87. The Hall–Kier alpha value is -2.15. The number of likely N-dealkylation sites (tertiary alicyclic amines) is 1. The Morgan fingerprint density at radius 1 is 1.14 bits per heavy atom. The minimum Gasteiger partial charge on any atom is -0.357 e. The summed E-state index contributed by atoms with van der Waals surface area (Å²) in [6, 6.07) is 2.08. The van der Waals surface area contributed by atoms with Crippen LogP contribution in [-0.4, -0.2) is 90.5 Å². The summed E-state index contributed by atoms with van der Waals surface area (Å²) >= 11 is 0. The molecule has 0 atom stereocenters. The molecule has 154 valence electrons. The van der Waals surface area contributed by atoms with Crippen molar-refractivity contribution < 1.29 is 4.79 Å². The van der Waals surface area contributed by atoms with Crippen LogP contribution in [0.2, 0.25) is 0 Å². The number of carbonyl (C=O) groups excluding carboxylic acids is 1. The van der Waals surface area contributed by atoms with Gasteiger partial charge < -0.3 is 15.1 Å². The van der Waals surface area contributed by atoms with Crippen LogP contribution in [0, 0.1) is 6.92 Å². The van der Waals surface area contributed by atoms with Gasteiger partial charge in [0.25, 0.3) is 0 Å². The molecule has 3 rings (SSSR count). The lowest BCUT2D eigenvalue weighted by Crippen LogP contribution is -2.54. The van der Waals surface area contributed by atoms with Gasteiger partial charge in [0, 0.05) is 64.8 Å². The number of nitrogens with zero attached hydrogens (tertiary/aromatic N) is 5. The van der Waals surface area contributed by atoms with E-state index in [1.165, 1.54) is 11.1 Å². The first-order chi connectivity index (χ1) is 13.7. The van der Waals surface area contributed by atoms with E-state index < -0.39 is 0 Å². The second-order valence-electron chi connectivity index (χ2n) is 7.64.